The summed E-state index contributed by atoms with van der Waals surface area (Å²) in [6, 6.07) is 9.37. The van der Waals surface area contributed by atoms with E-state index in [1.165, 1.54) is 11.1 Å². The molecule has 6 heteroatoms. The maximum Gasteiger partial charge on any atom is 0.246 e. The number of nitrogens with zero attached hydrogens (tertiary/aromatic N) is 1. The van der Waals surface area contributed by atoms with Gasteiger partial charge in [-0.2, -0.15) is 11.8 Å². The molecule has 0 aromatic heterocycles. The molecule has 2 aromatic carbocycles. The summed E-state index contributed by atoms with van der Waals surface area (Å²) in [7, 11) is 2.16. The van der Waals surface area contributed by atoms with Crippen molar-refractivity contribution in [2.75, 3.05) is 31.6 Å². The van der Waals surface area contributed by atoms with Crippen LogP contribution in [0.25, 0.3) is 11.1 Å². The van der Waals surface area contributed by atoms with Crippen LogP contribution in [-0.2, 0) is 6.42 Å². The van der Waals surface area contributed by atoms with Crippen molar-refractivity contribution in [1.82, 2.24) is 4.90 Å². The average Bonchev–Trinajstić information content (AvgIpc) is 3.08. The lowest BCUT2D eigenvalue weighted by Gasteiger charge is -2.18. The minimum Gasteiger partial charge on any atom is -0.306 e. The molecule has 0 unspecified atom stereocenters. The molecule has 0 atom stereocenters. The predicted octanol–water partition coefficient (Wildman–Crippen LogP) is 10.3. The molecule has 40 heavy (non-hydrogen) atoms. The molecule has 0 bridgehead atoms. The van der Waals surface area contributed by atoms with Gasteiger partial charge in [0.1, 0.15) is 11.6 Å². The van der Waals surface area contributed by atoms with Crippen molar-refractivity contribution in [3.8, 4) is 0 Å². The Morgan fingerprint density at radius 2 is 1.57 bits per heavy atom. The highest BCUT2D eigenvalue weighted by Gasteiger charge is 2.22. The molecule has 1 aliphatic carbocycles. The number of halogens is 4. The molecule has 222 valence electrons. The highest BCUT2D eigenvalue weighted by molar-refractivity contribution is 7.99. The van der Waals surface area contributed by atoms with E-state index in [1.54, 1.807) is 24.8 Å². The zero-order chi connectivity index (χ0) is 29.1. The third-order valence-corrected chi connectivity index (χ3v) is 9.04. The molecule has 0 amide bonds. The van der Waals surface area contributed by atoms with E-state index in [0.29, 0.717) is 16.9 Å². The Balaban J connectivity index is 1.49. The standard InChI is InChI=1S/C34H47F4NS/c1-25-15-17-30-29(28(13-11-14-31(30)33(25)36)27-16-18-32(35)26(2)24-27)12-7-5-6-8-20-39(4)21-9-10-22-40-23-19-34(3,37)38/h15-18,24H,5-14,19-23H2,1-4H3. The summed E-state index contributed by atoms with van der Waals surface area (Å²) in [5.41, 5.74) is 6.76. The summed E-state index contributed by atoms with van der Waals surface area (Å²) in [5, 5.41) is 0. The van der Waals surface area contributed by atoms with Crippen LogP contribution >= 0.6 is 11.8 Å². The van der Waals surface area contributed by atoms with Crippen LogP contribution in [0.4, 0.5) is 17.6 Å². The molecular weight excluding hydrogens is 530 g/mol. The van der Waals surface area contributed by atoms with Crippen LogP contribution < -0.4 is 0 Å². The molecule has 0 saturated heterocycles. The maximum absolute atomic E-state index is 15.2. The van der Waals surface area contributed by atoms with Gasteiger partial charge >= 0.3 is 0 Å². The predicted molar refractivity (Wildman–Crippen MR) is 164 cm³/mol. The largest absolute Gasteiger partial charge is 0.306 e. The number of benzene rings is 2. The van der Waals surface area contributed by atoms with Crippen molar-refractivity contribution in [1.29, 1.82) is 0 Å². The molecule has 0 saturated carbocycles. The SMILES string of the molecule is Cc1cc(C2=C(CCCCCCN(C)CCCCSCCC(C)(F)F)c3ccc(C)c(F)c3CCC2)ccc1F. The first-order valence-electron chi connectivity index (χ1n) is 15.0. The summed E-state index contributed by atoms with van der Waals surface area (Å²) in [5.74, 6) is -1.33. The first-order chi connectivity index (χ1) is 19.1. The lowest BCUT2D eigenvalue weighted by Crippen LogP contribution is -2.21. The molecule has 2 aromatic rings. The van der Waals surface area contributed by atoms with Crippen molar-refractivity contribution in [3.63, 3.8) is 0 Å². The number of aryl methyl sites for hydroxylation is 2. The van der Waals surface area contributed by atoms with E-state index in [4.69, 9.17) is 0 Å². The Bertz CT molecular complexity index is 1120. The molecule has 1 aliphatic rings. The van der Waals surface area contributed by atoms with E-state index in [1.807, 2.05) is 25.1 Å². The van der Waals surface area contributed by atoms with E-state index in [9.17, 15) is 13.2 Å². The highest BCUT2D eigenvalue weighted by atomic mass is 32.2. The smallest absolute Gasteiger partial charge is 0.246 e. The van der Waals surface area contributed by atoms with Gasteiger partial charge in [-0.25, -0.2) is 17.6 Å². The second-order valence-electron chi connectivity index (χ2n) is 11.6. The summed E-state index contributed by atoms with van der Waals surface area (Å²) in [6.45, 7) is 6.73. The van der Waals surface area contributed by atoms with Gasteiger partial charge < -0.3 is 4.90 Å². The van der Waals surface area contributed by atoms with E-state index in [2.05, 4.69) is 18.0 Å². The van der Waals surface area contributed by atoms with Gasteiger partial charge in [-0.05, 0) is 155 Å². The van der Waals surface area contributed by atoms with Gasteiger partial charge in [0.25, 0.3) is 0 Å². The number of fused-ring (bicyclic) bond motifs is 1. The van der Waals surface area contributed by atoms with Crippen molar-refractivity contribution in [3.05, 3.63) is 69.8 Å². The number of thioether (sulfide) groups is 1. The first-order valence-corrected chi connectivity index (χ1v) is 16.1. The number of hydrogen-bond donors (Lipinski definition) is 0. The van der Waals surface area contributed by atoms with Crippen LogP contribution in [0.1, 0.15) is 98.9 Å². The lowest BCUT2D eigenvalue weighted by molar-refractivity contribution is 0.0194. The molecule has 0 spiro atoms. The second kappa shape index (κ2) is 16.0. The molecular formula is C34H47F4NS. The van der Waals surface area contributed by atoms with E-state index >= 15 is 4.39 Å². The van der Waals surface area contributed by atoms with Crippen LogP contribution in [0.2, 0.25) is 0 Å². The van der Waals surface area contributed by atoms with Crippen LogP contribution in [0.5, 0.6) is 0 Å². The quantitative estimate of drug-likeness (QED) is 0.144. The minimum absolute atomic E-state index is 0.0366. The molecule has 0 N–H and O–H groups in total. The van der Waals surface area contributed by atoms with Gasteiger partial charge in [0.05, 0.1) is 0 Å². The van der Waals surface area contributed by atoms with Crippen molar-refractivity contribution < 1.29 is 17.6 Å². The zero-order valence-electron chi connectivity index (χ0n) is 24.9. The number of unbranched alkanes of at least 4 members (excludes halogenated alkanes) is 4. The molecule has 1 nitrogen and oxygen atoms in total. The first kappa shape index (κ1) is 32.7. The summed E-state index contributed by atoms with van der Waals surface area (Å²) < 4.78 is 54.9. The Morgan fingerprint density at radius 3 is 2.30 bits per heavy atom. The Morgan fingerprint density at radius 1 is 0.850 bits per heavy atom. The normalized spacial score (nSPS) is 14.1. The Kier molecular flexibility index (Phi) is 13.1. The van der Waals surface area contributed by atoms with Crippen LogP contribution in [0.3, 0.4) is 0 Å². The van der Waals surface area contributed by atoms with Crippen molar-refractivity contribution in [2.24, 2.45) is 0 Å². The van der Waals surface area contributed by atoms with Gasteiger partial charge in [-0.15, -0.1) is 0 Å². The van der Waals surface area contributed by atoms with Crippen molar-refractivity contribution >= 4 is 22.9 Å². The topological polar surface area (TPSA) is 3.24 Å². The molecule has 0 heterocycles. The van der Waals surface area contributed by atoms with Crippen molar-refractivity contribution in [2.45, 2.75) is 97.3 Å². The van der Waals surface area contributed by atoms with E-state index < -0.39 is 5.92 Å². The summed E-state index contributed by atoms with van der Waals surface area (Å²) >= 11 is 1.63. The fraction of sp³-hybridized carbons (Fsp3) is 0.588. The zero-order valence-corrected chi connectivity index (χ0v) is 25.7. The summed E-state index contributed by atoms with van der Waals surface area (Å²) in [4.78, 5) is 2.37. The molecule has 0 fully saturated rings. The molecule has 0 aliphatic heterocycles. The minimum atomic E-state index is -2.55. The van der Waals surface area contributed by atoms with Gasteiger partial charge in [-0.1, -0.05) is 31.0 Å². The third-order valence-electron chi connectivity index (χ3n) is 7.97. The van der Waals surface area contributed by atoms with E-state index in [-0.39, 0.29) is 18.1 Å². The molecule has 3 rings (SSSR count). The average molecular weight is 578 g/mol. The fourth-order valence-corrected chi connectivity index (χ4v) is 6.66. The van der Waals surface area contributed by atoms with Crippen LogP contribution in [-0.4, -0.2) is 42.5 Å². The summed E-state index contributed by atoms with van der Waals surface area (Å²) in [6.07, 6.45) is 9.99. The number of allylic oxidation sites excluding steroid dienone is 2. The van der Waals surface area contributed by atoms with Gasteiger partial charge in [0, 0.05) is 6.42 Å². The second-order valence-corrected chi connectivity index (χ2v) is 12.8. The Hall–Kier alpha value is -1.79. The molecule has 0 radical (unpaired) electrons. The number of rotatable bonds is 16. The number of hydrogen-bond acceptors (Lipinski definition) is 2. The van der Waals surface area contributed by atoms with Gasteiger partial charge in [0.2, 0.25) is 5.92 Å². The maximum atomic E-state index is 15.2. The highest BCUT2D eigenvalue weighted by Crippen LogP contribution is 2.40. The lowest BCUT2D eigenvalue weighted by atomic mass is 9.88. The third kappa shape index (κ3) is 10.2. The van der Waals surface area contributed by atoms with Crippen LogP contribution in [0, 0.1) is 25.5 Å². The van der Waals surface area contributed by atoms with E-state index in [0.717, 1.165) is 107 Å². The van der Waals surface area contributed by atoms with Gasteiger partial charge in [-0.3, -0.25) is 0 Å². The number of alkyl halides is 2. The Labute approximate surface area is 243 Å². The van der Waals surface area contributed by atoms with Gasteiger partial charge in [0.15, 0.2) is 0 Å². The fourth-order valence-electron chi connectivity index (χ4n) is 5.55. The van der Waals surface area contributed by atoms with Crippen LogP contribution in [0.15, 0.2) is 30.3 Å². The monoisotopic (exact) mass is 577 g/mol.